The third-order valence-electron chi connectivity index (χ3n) is 5.65. The van der Waals surface area contributed by atoms with Crippen LogP contribution in [0.5, 0.6) is 0 Å². The highest BCUT2D eigenvalue weighted by molar-refractivity contribution is 5.94. The van der Waals surface area contributed by atoms with Gasteiger partial charge in [-0.3, -0.25) is 9.69 Å². The maximum atomic E-state index is 12.6. The quantitative estimate of drug-likeness (QED) is 0.688. The monoisotopic (exact) mass is 403 g/mol. The number of aromatic nitrogens is 2. The summed E-state index contributed by atoms with van der Waals surface area (Å²) in [6.07, 6.45) is 1.77. The standard InChI is InChI=1S/C24H29N5O/c1-19-10-11-26-29(19)23-8-6-22(7-9-23)24(30)25-17-20-4-3-5-21(16-20)18-28-14-12-27(2)13-15-28/h3-11,16H,12-15,17-18H2,1-2H3,(H,25,30). The number of rotatable bonds is 6. The van der Waals surface area contributed by atoms with Gasteiger partial charge >= 0.3 is 0 Å². The molecule has 6 nitrogen and oxygen atoms in total. The van der Waals surface area contributed by atoms with Crippen LogP contribution in [0, 0.1) is 6.92 Å². The average Bonchev–Trinajstić information content (AvgIpc) is 3.20. The van der Waals surface area contributed by atoms with Gasteiger partial charge in [-0.15, -0.1) is 0 Å². The predicted molar refractivity (Wildman–Crippen MR) is 119 cm³/mol. The van der Waals surface area contributed by atoms with E-state index in [4.69, 9.17) is 0 Å². The Morgan fingerprint density at radius 1 is 1.00 bits per heavy atom. The molecule has 30 heavy (non-hydrogen) atoms. The van der Waals surface area contributed by atoms with Crippen molar-refractivity contribution in [2.45, 2.75) is 20.0 Å². The van der Waals surface area contributed by atoms with Gasteiger partial charge in [0.1, 0.15) is 0 Å². The van der Waals surface area contributed by atoms with Crippen LogP contribution >= 0.6 is 0 Å². The first-order valence-electron chi connectivity index (χ1n) is 10.5. The van der Waals surface area contributed by atoms with Crippen LogP contribution in [-0.4, -0.2) is 58.7 Å². The average molecular weight is 404 g/mol. The molecule has 2 aromatic carbocycles. The number of likely N-dealkylation sites (N-methyl/N-ethyl adjacent to an activating group) is 1. The van der Waals surface area contributed by atoms with Crippen molar-refractivity contribution in [1.29, 1.82) is 0 Å². The third-order valence-corrected chi connectivity index (χ3v) is 5.65. The zero-order valence-electron chi connectivity index (χ0n) is 17.7. The molecule has 1 amide bonds. The van der Waals surface area contributed by atoms with Gasteiger partial charge in [0.15, 0.2) is 0 Å². The Kier molecular flexibility index (Phi) is 6.26. The van der Waals surface area contributed by atoms with Crippen LogP contribution in [0.2, 0.25) is 0 Å². The summed E-state index contributed by atoms with van der Waals surface area (Å²) in [7, 11) is 2.17. The maximum Gasteiger partial charge on any atom is 0.251 e. The number of nitrogens with one attached hydrogen (secondary N) is 1. The van der Waals surface area contributed by atoms with Gasteiger partial charge in [0.05, 0.1) is 5.69 Å². The summed E-state index contributed by atoms with van der Waals surface area (Å²) in [6.45, 7) is 7.94. The van der Waals surface area contributed by atoms with Crippen LogP contribution in [0.4, 0.5) is 0 Å². The number of carbonyl (C=O) groups is 1. The molecule has 156 valence electrons. The second-order valence-electron chi connectivity index (χ2n) is 8.01. The molecule has 2 heterocycles. The Morgan fingerprint density at radius 2 is 1.73 bits per heavy atom. The SMILES string of the molecule is Cc1ccnn1-c1ccc(C(=O)NCc2cccc(CN3CCN(C)CC3)c2)cc1. The van der Waals surface area contributed by atoms with Crippen molar-refractivity contribution in [2.75, 3.05) is 33.2 Å². The molecule has 0 unspecified atom stereocenters. The number of piperazine rings is 1. The van der Waals surface area contributed by atoms with Gasteiger partial charge in [-0.2, -0.15) is 5.10 Å². The number of nitrogens with zero attached hydrogens (tertiary/aromatic N) is 4. The highest BCUT2D eigenvalue weighted by Gasteiger charge is 2.14. The van der Waals surface area contributed by atoms with E-state index in [1.54, 1.807) is 6.20 Å². The lowest BCUT2D eigenvalue weighted by Crippen LogP contribution is -2.43. The van der Waals surface area contributed by atoms with E-state index >= 15 is 0 Å². The fourth-order valence-corrected chi connectivity index (χ4v) is 3.78. The molecule has 1 aliphatic rings. The Morgan fingerprint density at radius 3 is 2.43 bits per heavy atom. The predicted octanol–water partition coefficient (Wildman–Crippen LogP) is 2.86. The topological polar surface area (TPSA) is 53.4 Å². The number of amides is 1. The molecule has 0 spiro atoms. The first kappa shape index (κ1) is 20.3. The van der Waals surface area contributed by atoms with E-state index < -0.39 is 0 Å². The van der Waals surface area contributed by atoms with Crippen LogP contribution in [0.3, 0.4) is 0 Å². The molecule has 0 aliphatic carbocycles. The van der Waals surface area contributed by atoms with Gasteiger partial charge in [-0.05, 0) is 55.4 Å². The van der Waals surface area contributed by atoms with E-state index in [0.29, 0.717) is 12.1 Å². The zero-order chi connectivity index (χ0) is 20.9. The van der Waals surface area contributed by atoms with Crippen LogP contribution in [0.1, 0.15) is 27.2 Å². The van der Waals surface area contributed by atoms with Gasteiger partial charge < -0.3 is 10.2 Å². The number of carbonyl (C=O) groups excluding carboxylic acids is 1. The molecule has 0 bridgehead atoms. The minimum absolute atomic E-state index is 0.0665. The largest absolute Gasteiger partial charge is 0.348 e. The second-order valence-corrected chi connectivity index (χ2v) is 8.01. The van der Waals surface area contributed by atoms with E-state index in [1.165, 1.54) is 5.56 Å². The van der Waals surface area contributed by atoms with Crippen molar-refractivity contribution in [3.05, 3.63) is 83.2 Å². The Hall–Kier alpha value is -2.96. The van der Waals surface area contributed by atoms with Gasteiger partial charge in [0.25, 0.3) is 5.91 Å². The molecule has 4 rings (SSSR count). The van der Waals surface area contributed by atoms with Crippen LogP contribution in [0.25, 0.3) is 5.69 Å². The highest BCUT2D eigenvalue weighted by atomic mass is 16.1. The van der Waals surface area contributed by atoms with Gasteiger partial charge in [0, 0.05) is 56.7 Å². The summed E-state index contributed by atoms with van der Waals surface area (Å²) in [6, 6.07) is 18.0. The van der Waals surface area contributed by atoms with Crippen molar-refractivity contribution in [3.8, 4) is 5.69 Å². The van der Waals surface area contributed by atoms with Crippen molar-refractivity contribution in [3.63, 3.8) is 0 Å². The lowest BCUT2D eigenvalue weighted by atomic mass is 10.1. The number of aryl methyl sites for hydroxylation is 1. The molecule has 6 heteroatoms. The lowest BCUT2D eigenvalue weighted by Gasteiger charge is -2.32. The second kappa shape index (κ2) is 9.24. The van der Waals surface area contributed by atoms with Crippen molar-refractivity contribution >= 4 is 5.91 Å². The zero-order valence-corrected chi connectivity index (χ0v) is 17.7. The fourth-order valence-electron chi connectivity index (χ4n) is 3.78. The van der Waals surface area contributed by atoms with Gasteiger partial charge in [0.2, 0.25) is 0 Å². The summed E-state index contributed by atoms with van der Waals surface area (Å²) >= 11 is 0. The minimum Gasteiger partial charge on any atom is -0.348 e. The summed E-state index contributed by atoms with van der Waals surface area (Å²) in [5, 5.41) is 7.34. The van der Waals surface area contributed by atoms with E-state index in [0.717, 1.165) is 49.7 Å². The third kappa shape index (κ3) is 4.96. The molecule has 0 radical (unpaired) electrons. The normalized spacial score (nSPS) is 15.3. The van der Waals surface area contributed by atoms with Crippen molar-refractivity contribution in [1.82, 2.24) is 24.9 Å². The minimum atomic E-state index is -0.0665. The van der Waals surface area contributed by atoms with Crippen LogP contribution < -0.4 is 5.32 Å². The molecule has 0 saturated carbocycles. The first-order valence-corrected chi connectivity index (χ1v) is 10.5. The highest BCUT2D eigenvalue weighted by Crippen LogP contribution is 2.13. The summed E-state index contributed by atoms with van der Waals surface area (Å²) in [5.74, 6) is -0.0665. The lowest BCUT2D eigenvalue weighted by molar-refractivity contribution is 0.0951. The first-order chi connectivity index (χ1) is 14.6. The molecular formula is C24H29N5O. The number of hydrogen-bond acceptors (Lipinski definition) is 4. The molecular weight excluding hydrogens is 374 g/mol. The van der Waals surface area contributed by atoms with Crippen molar-refractivity contribution in [2.24, 2.45) is 0 Å². The molecule has 1 aliphatic heterocycles. The van der Waals surface area contributed by atoms with Gasteiger partial charge in [-0.1, -0.05) is 24.3 Å². The molecule has 3 aromatic rings. The maximum absolute atomic E-state index is 12.6. The Labute approximate surface area is 178 Å². The number of hydrogen-bond donors (Lipinski definition) is 1. The van der Waals surface area contributed by atoms with Crippen LogP contribution in [0.15, 0.2) is 60.8 Å². The molecule has 1 N–H and O–H groups in total. The summed E-state index contributed by atoms with van der Waals surface area (Å²) in [4.78, 5) is 17.4. The fraction of sp³-hybridized carbons (Fsp3) is 0.333. The summed E-state index contributed by atoms with van der Waals surface area (Å²) < 4.78 is 1.85. The van der Waals surface area contributed by atoms with E-state index in [9.17, 15) is 4.79 Å². The van der Waals surface area contributed by atoms with Crippen molar-refractivity contribution < 1.29 is 4.79 Å². The van der Waals surface area contributed by atoms with E-state index in [-0.39, 0.29) is 5.91 Å². The Bertz CT molecular complexity index is 987. The molecule has 1 fully saturated rings. The Balaban J connectivity index is 1.33. The van der Waals surface area contributed by atoms with E-state index in [2.05, 4.69) is 51.5 Å². The van der Waals surface area contributed by atoms with Gasteiger partial charge in [-0.25, -0.2) is 4.68 Å². The summed E-state index contributed by atoms with van der Waals surface area (Å²) in [5.41, 5.74) is 5.08. The van der Waals surface area contributed by atoms with E-state index in [1.807, 2.05) is 41.9 Å². The van der Waals surface area contributed by atoms with Crippen LogP contribution in [-0.2, 0) is 13.1 Å². The molecule has 1 aromatic heterocycles. The molecule has 0 atom stereocenters. The number of benzene rings is 2. The smallest absolute Gasteiger partial charge is 0.251 e. The molecule has 1 saturated heterocycles.